The van der Waals surface area contributed by atoms with E-state index in [-0.39, 0.29) is 6.42 Å². The van der Waals surface area contributed by atoms with Gasteiger partial charge in [-0.3, -0.25) is 4.79 Å². The molecule has 0 fully saturated rings. The molecule has 1 atom stereocenters. The summed E-state index contributed by atoms with van der Waals surface area (Å²) in [7, 11) is 0. The zero-order valence-corrected chi connectivity index (χ0v) is 11.1. The van der Waals surface area contributed by atoms with Crippen LogP contribution < -0.4 is 0 Å². The molecule has 0 radical (unpaired) electrons. The molecule has 0 bridgehead atoms. The normalized spacial score (nSPS) is 12.3. The standard InChI is InChI=1S/C13H13ClN2O3/c1-8(13(17)18)6-12-15-11(16-19-12)7-9-2-4-10(14)5-3-9/h2-5,8H,6-7H2,1H3,(H,17,18). The van der Waals surface area contributed by atoms with Crippen molar-refractivity contribution in [2.75, 3.05) is 0 Å². The summed E-state index contributed by atoms with van der Waals surface area (Å²) in [6, 6.07) is 7.37. The third-order valence-corrected chi connectivity index (χ3v) is 2.94. The smallest absolute Gasteiger partial charge is 0.306 e. The molecule has 1 aromatic heterocycles. The Labute approximate surface area is 115 Å². The van der Waals surface area contributed by atoms with Crippen LogP contribution in [0.4, 0.5) is 0 Å². The third kappa shape index (κ3) is 3.79. The van der Waals surface area contributed by atoms with Crippen molar-refractivity contribution in [2.45, 2.75) is 19.8 Å². The van der Waals surface area contributed by atoms with Gasteiger partial charge >= 0.3 is 5.97 Å². The van der Waals surface area contributed by atoms with Gasteiger partial charge in [0.2, 0.25) is 5.89 Å². The first-order valence-corrected chi connectivity index (χ1v) is 6.21. The van der Waals surface area contributed by atoms with E-state index in [1.165, 1.54) is 0 Å². The lowest BCUT2D eigenvalue weighted by molar-refractivity contribution is -0.141. The maximum atomic E-state index is 10.7. The van der Waals surface area contributed by atoms with Gasteiger partial charge in [0.1, 0.15) is 0 Å². The average Bonchev–Trinajstić information content (AvgIpc) is 2.79. The SMILES string of the molecule is CC(Cc1nc(Cc2ccc(Cl)cc2)no1)C(=O)O. The van der Waals surface area contributed by atoms with Crippen LogP contribution in [0.1, 0.15) is 24.2 Å². The molecule has 1 aromatic carbocycles. The van der Waals surface area contributed by atoms with Crippen LogP contribution in [-0.4, -0.2) is 21.2 Å². The van der Waals surface area contributed by atoms with Gasteiger partial charge in [-0.2, -0.15) is 4.98 Å². The van der Waals surface area contributed by atoms with Gasteiger partial charge in [0.25, 0.3) is 0 Å². The predicted molar refractivity (Wildman–Crippen MR) is 69.1 cm³/mol. The van der Waals surface area contributed by atoms with Crippen LogP contribution >= 0.6 is 11.6 Å². The van der Waals surface area contributed by atoms with Gasteiger partial charge in [-0.1, -0.05) is 35.8 Å². The van der Waals surface area contributed by atoms with Crippen LogP contribution in [0.3, 0.4) is 0 Å². The fourth-order valence-electron chi connectivity index (χ4n) is 1.58. The minimum atomic E-state index is -0.877. The molecule has 2 aromatic rings. The minimum Gasteiger partial charge on any atom is -0.481 e. The van der Waals surface area contributed by atoms with Crippen LogP contribution in [0.2, 0.25) is 5.02 Å². The molecule has 100 valence electrons. The Morgan fingerprint density at radius 1 is 1.42 bits per heavy atom. The Hall–Kier alpha value is -1.88. The first-order valence-electron chi connectivity index (χ1n) is 5.83. The van der Waals surface area contributed by atoms with E-state index in [0.717, 1.165) is 5.56 Å². The van der Waals surface area contributed by atoms with Crippen LogP contribution in [0, 0.1) is 5.92 Å². The number of hydrogen-bond acceptors (Lipinski definition) is 4. The summed E-state index contributed by atoms with van der Waals surface area (Å²) in [6.07, 6.45) is 0.769. The second kappa shape index (κ2) is 5.84. The summed E-state index contributed by atoms with van der Waals surface area (Å²) >= 11 is 5.80. The number of nitrogens with zero attached hydrogens (tertiary/aromatic N) is 2. The van der Waals surface area contributed by atoms with E-state index < -0.39 is 11.9 Å². The monoisotopic (exact) mass is 280 g/mol. The Morgan fingerprint density at radius 2 is 2.11 bits per heavy atom. The molecule has 0 aliphatic heterocycles. The average molecular weight is 281 g/mol. The summed E-state index contributed by atoms with van der Waals surface area (Å²) < 4.78 is 5.03. The minimum absolute atomic E-state index is 0.239. The largest absolute Gasteiger partial charge is 0.481 e. The van der Waals surface area contributed by atoms with Gasteiger partial charge in [0.05, 0.1) is 5.92 Å². The fourth-order valence-corrected chi connectivity index (χ4v) is 1.70. The van der Waals surface area contributed by atoms with Gasteiger partial charge in [-0.15, -0.1) is 0 Å². The molecule has 2 rings (SSSR count). The highest BCUT2D eigenvalue weighted by atomic mass is 35.5. The fraction of sp³-hybridized carbons (Fsp3) is 0.308. The third-order valence-electron chi connectivity index (χ3n) is 2.69. The van der Waals surface area contributed by atoms with Crippen molar-refractivity contribution in [2.24, 2.45) is 5.92 Å². The molecule has 0 aliphatic carbocycles. The van der Waals surface area contributed by atoms with E-state index in [2.05, 4.69) is 10.1 Å². The highest BCUT2D eigenvalue weighted by Gasteiger charge is 2.16. The van der Waals surface area contributed by atoms with Gasteiger partial charge in [0.15, 0.2) is 5.82 Å². The number of rotatable bonds is 5. The second-order valence-electron chi connectivity index (χ2n) is 4.35. The van der Waals surface area contributed by atoms with Crippen LogP contribution in [-0.2, 0) is 17.6 Å². The molecule has 19 heavy (non-hydrogen) atoms. The Bertz CT molecular complexity index is 566. The zero-order valence-electron chi connectivity index (χ0n) is 10.3. The maximum absolute atomic E-state index is 10.7. The van der Waals surface area contributed by atoms with Crippen molar-refractivity contribution in [3.8, 4) is 0 Å². The van der Waals surface area contributed by atoms with Crippen LogP contribution in [0.25, 0.3) is 0 Å². The van der Waals surface area contributed by atoms with Crippen LogP contribution in [0.15, 0.2) is 28.8 Å². The lowest BCUT2D eigenvalue weighted by atomic mass is 10.1. The van der Waals surface area contributed by atoms with Crippen molar-refractivity contribution < 1.29 is 14.4 Å². The van der Waals surface area contributed by atoms with Crippen molar-refractivity contribution in [3.63, 3.8) is 0 Å². The highest BCUT2D eigenvalue weighted by Crippen LogP contribution is 2.13. The molecule has 1 unspecified atom stereocenters. The van der Waals surface area contributed by atoms with Gasteiger partial charge in [-0.05, 0) is 17.7 Å². The molecule has 0 spiro atoms. The predicted octanol–water partition coefficient (Wildman–Crippen LogP) is 2.58. The molecule has 0 saturated carbocycles. The number of carboxylic acids is 1. The van der Waals surface area contributed by atoms with Gasteiger partial charge in [0, 0.05) is 17.9 Å². The zero-order chi connectivity index (χ0) is 13.8. The first-order chi connectivity index (χ1) is 9.04. The van der Waals surface area contributed by atoms with Crippen molar-refractivity contribution >= 4 is 17.6 Å². The number of benzene rings is 1. The van der Waals surface area contributed by atoms with E-state index >= 15 is 0 Å². The summed E-state index contributed by atoms with van der Waals surface area (Å²) in [5.41, 5.74) is 1.02. The van der Waals surface area contributed by atoms with Gasteiger partial charge < -0.3 is 9.63 Å². The van der Waals surface area contributed by atoms with Crippen molar-refractivity contribution in [1.29, 1.82) is 0 Å². The van der Waals surface area contributed by atoms with Crippen LogP contribution in [0.5, 0.6) is 0 Å². The van der Waals surface area contributed by atoms with Crippen molar-refractivity contribution in [1.82, 2.24) is 10.1 Å². The van der Waals surface area contributed by atoms with E-state index in [4.69, 9.17) is 21.2 Å². The lowest BCUT2D eigenvalue weighted by Gasteiger charge is -1.99. The summed E-state index contributed by atoms with van der Waals surface area (Å²) in [5.74, 6) is -0.532. The topological polar surface area (TPSA) is 76.2 Å². The highest BCUT2D eigenvalue weighted by molar-refractivity contribution is 6.30. The maximum Gasteiger partial charge on any atom is 0.306 e. The Morgan fingerprint density at radius 3 is 2.74 bits per heavy atom. The molecule has 0 saturated heterocycles. The number of hydrogen-bond donors (Lipinski definition) is 1. The number of halogens is 1. The Kier molecular flexibility index (Phi) is 4.16. The second-order valence-corrected chi connectivity index (χ2v) is 4.79. The molecular formula is C13H13ClN2O3. The summed E-state index contributed by atoms with van der Waals surface area (Å²) in [4.78, 5) is 14.9. The van der Waals surface area contributed by atoms with Gasteiger partial charge in [-0.25, -0.2) is 0 Å². The molecule has 5 nitrogen and oxygen atoms in total. The lowest BCUT2D eigenvalue weighted by Crippen LogP contribution is -2.12. The number of carboxylic acid groups (broad SMARTS) is 1. The molecule has 1 N–H and O–H groups in total. The summed E-state index contributed by atoms with van der Waals surface area (Å²) in [5, 5.41) is 13.3. The molecule has 1 heterocycles. The van der Waals surface area contributed by atoms with E-state index in [1.54, 1.807) is 19.1 Å². The number of carbonyl (C=O) groups is 1. The molecule has 0 amide bonds. The van der Waals surface area contributed by atoms with Crippen molar-refractivity contribution in [3.05, 3.63) is 46.6 Å². The quantitative estimate of drug-likeness (QED) is 0.911. The number of aromatic nitrogens is 2. The van der Waals surface area contributed by atoms with E-state index in [1.807, 2.05) is 12.1 Å². The summed E-state index contributed by atoms with van der Waals surface area (Å²) in [6.45, 7) is 1.60. The number of aliphatic carboxylic acids is 1. The molecular weight excluding hydrogens is 268 g/mol. The molecule has 0 aliphatic rings. The molecule has 6 heteroatoms. The Balaban J connectivity index is 2.01. The van der Waals surface area contributed by atoms with E-state index in [0.29, 0.717) is 23.2 Å². The van der Waals surface area contributed by atoms with E-state index in [9.17, 15) is 4.79 Å². The first kappa shape index (κ1) is 13.5.